The molecule has 0 spiro atoms. The summed E-state index contributed by atoms with van der Waals surface area (Å²) in [5, 5.41) is 3.77. The van der Waals surface area contributed by atoms with Crippen molar-refractivity contribution in [3.8, 4) is 0 Å². The van der Waals surface area contributed by atoms with Crippen LogP contribution < -0.4 is 15.6 Å². The molecule has 0 radical (unpaired) electrons. The van der Waals surface area contributed by atoms with E-state index in [-0.39, 0.29) is 16.5 Å². The van der Waals surface area contributed by atoms with Crippen LogP contribution in [-0.4, -0.2) is 32.2 Å². The van der Waals surface area contributed by atoms with Gasteiger partial charge in [-0.2, -0.15) is 0 Å². The average Bonchev–Trinajstić information content (AvgIpc) is 3.07. The molecule has 1 heterocycles. The van der Waals surface area contributed by atoms with Crippen molar-refractivity contribution >= 4 is 53.1 Å². The summed E-state index contributed by atoms with van der Waals surface area (Å²) in [5.74, 6) is 0.507. The van der Waals surface area contributed by atoms with Gasteiger partial charge in [-0.05, 0) is 26.7 Å². The summed E-state index contributed by atoms with van der Waals surface area (Å²) >= 11 is 3.72. The number of carbonyl (C=O) groups is 1. The molecule has 1 aliphatic rings. The van der Waals surface area contributed by atoms with E-state index in [9.17, 15) is 4.79 Å². The predicted octanol–water partition coefficient (Wildman–Crippen LogP) is 6.35. The van der Waals surface area contributed by atoms with Gasteiger partial charge in [-0.15, -0.1) is 23.5 Å². The number of carbonyl (C=O) groups excluding carboxylic acids is 1. The molecule has 1 fully saturated rings. The zero-order valence-corrected chi connectivity index (χ0v) is 25.6. The van der Waals surface area contributed by atoms with E-state index >= 15 is 0 Å². The van der Waals surface area contributed by atoms with Crippen LogP contribution in [0.1, 0.15) is 16.4 Å². The lowest BCUT2D eigenvalue weighted by molar-refractivity contribution is -0.139. The molecule has 2 nitrogen and oxygen atoms in total. The Morgan fingerprint density at radius 3 is 1.51 bits per heavy atom. The minimum atomic E-state index is -2.94. The summed E-state index contributed by atoms with van der Waals surface area (Å²) in [6.45, 7) is 0. The number of rotatable bonds is 7. The van der Waals surface area contributed by atoms with Gasteiger partial charge in [0.2, 0.25) is 0 Å². The van der Waals surface area contributed by atoms with E-state index in [2.05, 4.69) is 152 Å². The Kier molecular flexibility index (Phi) is 8.20. The van der Waals surface area contributed by atoms with Gasteiger partial charge < -0.3 is 4.74 Å². The first-order valence-corrected chi connectivity index (χ1v) is 17.8. The molecule has 5 aromatic carbocycles. The van der Waals surface area contributed by atoms with Crippen molar-refractivity contribution in [2.75, 3.05) is 12.9 Å². The summed E-state index contributed by atoms with van der Waals surface area (Å²) in [4.78, 5) is 13.1. The maximum atomic E-state index is 13.1. The second kappa shape index (κ2) is 12.2. The van der Waals surface area contributed by atoms with Gasteiger partial charge in [0.1, 0.15) is 5.25 Å². The maximum Gasteiger partial charge on any atom is 0.319 e. The Morgan fingerprint density at radius 2 is 1.07 bits per heavy atom. The summed E-state index contributed by atoms with van der Waals surface area (Å²) < 4.78 is 4.92. The van der Waals surface area contributed by atoms with E-state index in [1.165, 1.54) is 33.8 Å². The second-order valence-corrected chi connectivity index (χ2v) is 17.2. The van der Waals surface area contributed by atoms with Gasteiger partial charge in [-0.3, -0.25) is 4.79 Å². The van der Waals surface area contributed by atoms with Crippen LogP contribution in [0.25, 0.3) is 0 Å². The number of hydrogen-bond acceptors (Lipinski definition) is 4. The van der Waals surface area contributed by atoms with Crippen molar-refractivity contribution in [2.24, 2.45) is 0 Å². The molecule has 6 rings (SSSR count). The standard InChI is InChI=1S/C36H32O2S2Si/c1-38-35(37)33-27-39-36(29-19-9-3-10-20-29,34(40-33)28-17-7-2-8-18-28)41(30-21-11-4-12-22-30,31-23-13-5-14-24-31)32-25-15-6-16-26-32/h2-26,33-34H,27H2,1H3. The lowest BCUT2D eigenvalue weighted by atomic mass is 10.0. The van der Waals surface area contributed by atoms with Crippen molar-refractivity contribution in [1.82, 2.24) is 0 Å². The van der Waals surface area contributed by atoms with Crippen LogP contribution in [0.4, 0.5) is 0 Å². The normalized spacial score (nSPS) is 20.7. The number of benzene rings is 5. The Labute approximate surface area is 252 Å². The number of methoxy groups -OCH3 is 1. The van der Waals surface area contributed by atoms with Crippen molar-refractivity contribution < 1.29 is 9.53 Å². The molecule has 1 saturated heterocycles. The molecule has 0 bridgehead atoms. The first-order valence-electron chi connectivity index (χ1n) is 13.9. The minimum absolute atomic E-state index is 0.0266. The topological polar surface area (TPSA) is 26.3 Å². The molecule has 5 heteroatoms. The van der Waals surface area contributed by atoms with E-state index in [1.807, 2.05) is 11.8 Å². The van der Waals surface area contributed by atoms with E-state index < -0.39 is 12.4 Å². The van der Waals surface area contributed by atoms with Crippen LogP contribution in [-0.2, 0) is 13.9 Å². The Bertz CT molecular complexity index is 1470. The third kappa shape index (κ3) is 4.76. The number of ether oxygens (including phenoxy) is 1. The van der Waals surface area contributed by atoms with Crippen LogP contribution in [0.15, 0.2) is 152 Å². The lowest BCUT2D eigenvalue weighted by Gasteiger charge is -2.56. The largest absolute Gasteiger partial charge is 0.468 e. The Balaban J connectivity index is 1.79. The van der Waals surface area contributed by atoms with E-state index in [0.29, 0.717) is 5.75 Å². The van der Waals surface area contributed by atoms with Crippen LogP contribution in [0.2, 0.25) is 0 Å². The van der Waals surface area contributed by atoms with Crippen molar-refractivity contribution in [2.45, 2.75) is 14.9 Å². The van der Waals surface area contributed by atoms with Crippen LogP contribution in [0.3, 0.4) is 0 Å². The van der Waals surface area contributed by atoms with Crippen LogP contribution >= 0.6 is 23.5 Å². The first-order chi connectivity index (χ1) is 20.2. The van der Waals surface area contributed by atoms with Crippen LogP contribution in [0, 0.1) is 0 Å². The summed E-state index contributed by atoms with van der Waals surface area (Å²) in [7, 11) is -1.44. The van der Waals surface area contributed by atoms with Gasteiger partial charge >= 0.3 is 5.97 Å². The van der Waals surface area contributed by atoms with Crippen molar-refractivity contribution in [3.63, 3.8) is 0 Å². The van der Waals surface area contributed by atoms with Gasteiger partial charge in [-0.25, -0.2) is 0 Å². The third-order valence-electron chi connectivity index (χ3n) is 8.08. The highest BCUT2D eigenvalue weighted by Gasteiger charge is 2.64. The minimum Gasteiger partial charge on any atom is -0.468 e. The first kappa shape index (κ1) is 27.6. The highest BCUT2D eigenvalue weighted by molar-refractivity contribution is 8.09. The van der Waals surface area contributed by atoms with Crippen molar-refractivity contribution in [3.05, 3.63) is 163 Å². The zero-order chi connectivity index (χ0) is 28.1. The van der Waals surface area contributed by atoms with Crippen molar-refractivity contribution in [1.29, 1.82) is 0 Å². The number of esters is 1. The third-order valence-corrected chi connectivity index (χ3v) is 18.3. The van der Waals surface area contributed by atoms with E-state index in [4.69, 9.17) is 4.74 Å². The van der Waals surface area contributed by atoms with Gasteiger partial charge in [0.05, 0.1) is 11.5 Å². The smallest absolute Gasteiger partial charge is 0.319 e. The average molecular weight is 589 g/mol. The molecule has 3 atom stereocenters. The Hall–Kier alpha value is -3.51. The molecular weight excluding hydrogens is 557 g/mol. The molecule has 204 valence electrons. The number of hydrogen-bond donors (Lipinski definition) is 0. The summed E-state index contributed by atoms with van der Waals surface area (Å²) in [6, 6.07) is 55.2. The molecule has 0 saturated carbocycles. The molecule has 0 N–H and O–H groups in total. The zero-order valence-electron chi connectivity index (χ0n) is 22.9. The SMILES string of the molecule is COC(=O)C1CSC(c2ccccc2)([Si](c2ccccc2)(c2ccccc2)c2ccccc2)C(c2ccccc2)S1. The van der Waals surface area contributed by atoms with Gasteiger partial charge in [-0.1, -0.05) is 152 Å². The molecular formula is C36H32O2S2Si. The molecule has 41 heavy (non-hydrogen) atoms. The fourth-order valence-electron chi connectivity index (χ4n) is 6.43. The Morgan fingerprint density at radius 1 is 0.659 bits per heavy atom. The molecule has 3 unspecified atom stereocenters. The molecule has 5 aromatic rings. The quantitative estimate of drug-likeness (QED) is 0.126. The summed E-state index contributed by atoms with van der Waals surface area (Å²) in [6.07, 6.45) is 0. The maximum absolute atomic E-state index is 13.1. The highest BCUT2D eigenvalue weighted by atomic mass is 32.2. The lowest BCUT2D eigenvalue weighted by Crippen LogP contribution is -2.79. The van der Waals surface area contributed by atoms with Gasteiger partial charge in [0.15, 0.2) is 8.07 Å². The fraction of sp³-hybridized carbons (Fsp3) is 0.139. The van der Waals surface area contributed by atoms with E-state index in [0.717, 1.165) is 0 Å². The monoisotopic (exact) mass is 588 g/mol. The number of thioether (sulfide) groups is 2. The summed E-state index contributed by atoms with van der Waals surface area (Å²) in [5.41, 5.74) is 2.51. The fourth-order valence-corrected chi connectivity index (χ4v) is 18.1. The predicted molar refractivity (Wildman–Crippen MR) is 177 cm³/mol. The van der Waals surface area contributed by atoms with Gasteiger partial charge in [0, 0.05) is 11.0 Å². The van der Waals surface area contributed by atoms with Gasteiger partial charge in [0.25, 0.3) is 0 Å². The highest BCUT2D eigenvalue weighted by Crippen LogP contribution is 2.62. The second-order valence-electron chi connectivity index (χ2n) is 10.2. The molecule has 0 amide bonds. The molecule has 0 aliphatic carbocycles. The molecule has 1 aliphatic heterocycles. The van der Waals surface area contributed by atoms with Crippen LogP contribution in [0.5, 0.6) is 0 Å². The molecule has 0 aromatic heterocycles. The van der Waals surface area contributed by atoms with E-state index in [1.54, 1.807) is 11.8 Å².